The smallest absolute Gasteiger partial charge is 0.265 e. The van der Waals surface area contributed by atoms with Gasteiger partial charge in [0.25, 0.3) is 5.91 Å². The standard InChI is InChI=1S/C15H16N2O2S/c1-9-8-14(20-10(9)2)15(19)17-13-6-4-12(5-7-13)16-11(3)18/h4-8H,1-3H3,(H,16,18)(H,17,19). The molecular weight excluding hydrogens is 272 g/mol. The Morgan fingerprint density at radius 3 is 2.00 bits per heavy atom. The van der Waals surface area contributed by atoms with Crippen LogP contribution < -0.4 is 10.6 Å². The van der Waals surface area contributed by atoms with E-state index in [4.69, 9.17) is 0 Å². The van der Waals surface area contributed by atoms with Crippen molar-refractivity contribution >= 4 is 34.5 Å². The Hall–Kier alpha value is -2.14. The third-order valence-electron chi connectivity index (χ3n) is 2.85. The fourth-order valence-corrected chi connectivity index (χ4v) is 2.65. The third kappa shape index (κ3) is 3.45. The van der Waals surface area contributed by atoms with Crippen LogP contribution in [0.15, 0.2) is 30.3 Å². The van der Waals surface area contributed by atoms with E-state index in [1.54, 1.807) is 24.3 Å². The summed E-state index contributed by atoms with van der Waals surface area (Å²) < 4.78 is 0. The molecule has 0 aliphatic rings. The van der Waals surface area contributed by atoms with Crippen LogP contribution in [0.4, 0.5) is 11.4 Å². The summed E-state index contributed by atoms with van der Waals surface area (Å²) >= 11 is 1.48. The highest BCUT2D eigenvalue weighted by molar-refractivity contribution is 7.14. The Kier molecular flexibility index (Phi) is 4.20. The molecule has 0 atom stereocenters. The van der Waals surface area contributed by atoms with E-state index in [2.05, 4.69) is 10.6 Å². The molecular formula is C15H16N2O2S. The number of carbonyl (C=O) groups is 2. The largest absolute Gasteiger partial charge is 0.326 e. The summed E-state index contributed by atoms with van der Waals surface area (Å²) in [6.45, 7) is 5.45. The van der Waals surface area contributed by atoms with Crippen molar-refractivity contribution < 1.29 is 9.59 Å². The first-order valence-corrected chi connectivity index (χ1v) is 7.03. The highest BCUT2D eigenvalue weighted by atomic mass is 32.1. The van der Waals surface area contributed by atoms with E-state index in [0.29, 0.717) is 16.3 Å². The maximum absolute atomic E-state index is 12.1. The molecule has 0 fully saturated rings. The fraction of sp³-hybridized carbons (Fsp3) is 0.200. The minimum absolute atomic E-state index is 0.113. The molecule has 0 unspecified atom stereocenters. The SMILES string of the molecule is CC(=O)Nc1ccc(NC(=O)c2cc(C)c(C)s2)cc1. The molecule has 2 aromatic rings. The van der Waals surface area contributed by atoms with Crippen molar-refractivity contribution in [2.75, 3.05) is 10.6 Å². The van der Waals surface area contributed by atoms with Crippen molar-refractivity contribution in [1.29, 1.82) is 0 Å². The first kappa shape index (κ1) is 14.3. The second-order valence-corrected chi connectivity index (χ2v) is 5.82. The van der Waals surface area contributed by atoms with Gasteiger partial charge >= 0.3 is 0 Å². The molecule has 0 spiro atoms. The fourth-order valence-electron chi connectivity index (χ4n) is 1.72. The molecule has 0 radical (unpaired) electrons. The summed E-state index contributed by atoms with van der Waals surface area (Å²) in [7, 11) is 0. The molecule has 20 heavy (non-hydrogen) atoms. The minimum atomic E-state index is -0.119. The summed E-state index contributed by atoms with van der Waals surface area (Å²) in [5, 5.41) is 5.52. The van der Waals surface area contributed by atoms with Crippen LogP contribution in [0.2, 0.25) is 0 Å². The number of carbonyl (C=O) groups excluding carboxylic acids is 2. The minimum Gasteiger partial charge on any atom is -0.326 e. The quantitative estimate of drug-likeness (QED) is 0.907. The van der Waals surface area contributed by atoms with E-state index < -0.39 is 0 Å². The van der Waals surface area contributed by atoms with Gasteiger partial charge in [-0.25, -0.2) is 0 Å². The zero-order valence-electron chi connectivity index (χ0n) is 11.6. The van der Waals surface area contributed by atoms with Crippen molar-refractivity contribution in [3.63, 3.8) is 0 Å². The van der Waals surface area contributed by atoms with Crippen LogP contribution in [0.1, 0.15) is 27.0 Å². The number of hydrogen-bond acceptors (Lipinski definition) is 3. The topological polar surface area (TPSA) is 58.2 Å². The molecule has 5 heteroatoms. The van der Waals surface area contributed by atoms with Gasteiger partial charge in [-0.3, -0.25) is 9.59 Å². The van der Waals surface area contributed by atoms with Gasteiger partial charge in [0.2, 0.25) is 5.91 Å². The predicted molar refractivity (Wildman–Crippen MR) is 82.5 cm³/mol. The lowest BCUT2D eigenvalue weighted by Crippen LogP contribution is -2.10. The number of amides is 2. The number of anilines is 2. The molecule has 2 rings (SSSR count). The molecule has 0 aliphatic carbocycles. The molecule has 2 N–H and O–H groups in total. The van der Waals surface area contributed by atoms with E-state index >= 15 is 0 Å². The van der Waals surface area contributed by atoms with Crippen molar-refractivity contribution in [2.24, 2.45) is 0 Å². The number of aryl methyl sites for hydroxylation is 2. The van der Waals surface area contributed by atoms with Crippen LogP contribution in [-0.4, -0.2) is 11.8 Å². The zero-order valence-corrected chi connectivity index (χ0v) is 12.4. The van der Waals surface area contributed by atoms with Gasteiger partial charge in [-0.2, -0.15) is 0 Å². The van der Waals surface area contributed by atoms with Gasteiger partial charge in [0.1, 0.15) is 0 Å². The number of rotatable bonds is 3. The van der Waals surface area contributed by atoms with Crippen molar-refractivity contribution in [1.82, 2.24) is 0 Å². The average molecular weight is 288 g/mol. The summed E-state index contributed by atoms with van der Waals surface area (Å²) in [5.74, 6) is -0.232. The normalized spacial score (nSPS) is 10.2. The van der Waals surface area contributed by atoms with Crippen LogP contribution in [0, 0.1) is 13.8 Å². The molecule has 2 amide bonds. The van der Waals surface area contributed by atoms with E-state index in [9.17, 15) is 9.59 Å². The molecule has 1 aromatic heterocycles. The Balaban J connectivity index is 2.06. The van der Waals surface area contributed by atoms with E-state index in [1.807, 2.05) is 19.9 Å². The van der Waals surface area contributed by atoms with Crippen LogP contribution >= 0.6 is 11.3 Å². The number of benzene rings is 1. The van der Waals surface area contributed by atoms with Gasteiger partial charge in [0.15, 0.2) is 0 Å². The van der Waals surface area contributed by atoms with Crippen molar-refractivity contribution in [3.05, 3.63) is 45.6 Å². The molecule has 0 bridgehead atoms. The van der Waals surface area contributed by atoms with Crippen LogP contribution in [0.5, 0.6) is 0 Å². The van der Waals surface area contributed by atoms with Crippen LogP contribution in [0.25, 0.3) is 0 Å². The molecule has 1 heterocycles. The Bertz CT molecular complexity index is 625. The average Bonchev–Trinajstić information content (AvgIpc) is 2.71. The van der Waals surface area contributed by atoms with Gasteiger partial charge in [0, 0.05) is 23.2 Å². The lowest BCUT2D eigenvalue weighted by molar-refractivity contribution is -0.114. The maximum Gasteiger partial charge on any atom is 0.265 e. The maximum atomic E-state index is 12.1. The summed E-state index contributed by atoms with van der Waals surface area (Å²) in [6.07, 6.45) is 0. The number of nitrogens with one attached hydrogen (secondary N) is 2. The Morgan fingerprint density at radius 2 is 1.55 bits per heavy atom. The number of hydrogen-bond donors (Lipinski definition) is 2. The summed E-state index contributed by atoms with van der Waals surface area (Å²) in [6, 6.07) is 8.91. The van der Waals surface area contributed by atoms with Gasteiger partial charge in [-0.05, 0) is 49.7 Å². The molecule has 0 saturated carbocycles. The Morgan fingerprint density at radius 1 is 1.00 bits per heavy atom. The Labute approximate surface area is 121 Å². The highest BCUT2D eigenvalue weighted by Gasteiger charge is 2.10. The lowest BCUT2D eigenvalue weighted by atomic mass is 10.2. The van der Waals surface area contributed by atoms with E-state index in [-0.39, 0.29) is 11.8 Å². The predicted octanol–water partition coefficient (Wildman–Crippen LogP) is 3.58. The highest BCUT2D eigenvalue weighted by Crippen LogP contribution is 2.22. The summed E-state index contributed by atoms with van der Waals surface area (Å²) in [5.41, 5.74) is 2.53. The summed E-state index contributed by atoms with van der Waals surface area (Å²) in [4.78, 5) is 24.8. The van der Waals surface area contributed by atoms with Crippen molar-refractivity contribution in [3.8, 4) is 0 Å². The number of thiophene rings is 1. The van der Waals surface area contributed by atoms with Gasteiger partial charge in [-0.1, -0.05) is 0 Å². The molecule has 0 saturated heterocycles. The van der Waals surface area contributed by atoms with E-state index in [0.717, 1.165) is 10.4 Å². The monoisotopic (exact) mass is 288 g/mol. The van der Waals surface area contributed by atoms with Crippen LogP contribution in [-0.2, 0) is 4.79 Å². The van der Waals surface area contributed by atoms with E-state index in [1.165, 1.54) is 18.3 Å². The molecule has 1 aromatic carbocycles. The van der Waals surface area contributed by atoms with Gasteiger partial charge in [0.05, 0.1) is 4.88 Å². The van der Waals surface area contributed by atoms with Crippen LogP contribution in [0.3, 0.4) is 0 Å². The second kappa shape index (κ2) is 5.88. The zero-order chi connectivity index (χ0) is 14.7. The third-order valence-corrected chi connectivity index (χ3v) is 4.00. The molecule has 4 nitrogen and oxygen atoms in total. The van der Waals surface area contributed by atoms with Gasteiger partial charge < -0.3 is 10.6 Å². The molecule has 0 aliphatic heterocycles. The first-order valence-electron chi connectivity index (χ1n) is 6.22. The lowest BCUT2D eigenvalue weighted by Gasteiger charge is -2.05. The van der Waals surface area contributed by atoms with Crippen molar-refractivity contribution in [2.45, 2.75) is 20.8 Å². The second-order valence-electron chi connectivity index (χ2n) is 4.56. The molecule has 104 valence electrons. The van der Waals surface area contributed by atoms with Gasteiger partial charge in [-0.15, -0.1) is 11.3 Å². The first-order chi connectivity index (χ1) is 9.45.